The van der Waals surface area contributed by atoms with Gasteiger partial charge in [0.25, 0.3) is 0 Å². The number of amides is 2. The topological polar surface area (TPSA) is 78.9 Å². The van der Waals surface area contributed by atoms with E-state index in [4.69, 9.17) is 0 Å². The van der Waals surface area contributed by atoms with Crippen LogP contribution in [0.3, 0.4) is 0 Å². The Kier molecular flexibility index (Phi) is 5.74. The Morgan fingerprint density at radius 1 is 1.29 bits per heavy atom. The minimum atomic E-state index is -4.51. The molecule has 0 spiro atoms. The third-order valence-corrected chi connectivity index (χ3v) is 2.26. The summed E-state index contributed by atoms with van der Waals surface area (Å²) in [6, 6.07) is 0.542. The van der Waals surface area contributed by atoms with E-state index in [0.29, 0.717) is 0 Å². The Morgan fingerprint density at radius 3 is 2.52 bits per heavy atom. The van der Waals surface area contributed by atoms with E-state index in [9.17, 15) is 18.0 Å². The number of alkyl halides is 3. The monoisotopic (exact) mass is 305 g/mol. The SMILES string of the molecule is Cc1cc(C(F)(F)F)nc(NCCNC(=O)NC(C)C)n1. The number of halogens is 3. The van der Waals surface area contributed by atoms with Gasteiger partial charge in [0.1, 0.15) is 5.69 Å². The zero-order valence-corrected chi connectivity index (χ0v) is 12.0. The Morgan fingerprint density at radius 2 is 1.95 bits per heavy atom. The van der Waals surface area contributed by atoms with E-state index < -0.39 is 11.9 Å². The van der Waals surface area contributed by atoms with E-state index in [1.165, 1.54) is 6.92 Å². The summed E-state index contributed by atoms with van der Waals surface area (Å²) < 4.78 is 37.7. The third-order valence-electron chi connectivity index (χ3n) is 2.26. The van der Waals surface area contributed by atoms with Gasteiger partial charge in [0.15, 0.2) is 0 Å². The van der Waals surface area contributed by atoms with Crippen molar-refractivity contribution in [1.29, 1.82) is 0 Å². The molecule has 0 aliphatic carbocycles. The highest BCUT2D eigenvalue weighted by Gasteiger charge is 2.33. The number of hydrogen-bond acceptors (Lipinski definition) is 4. The van der Waals surface area contributed by atoms with E-state index >= 15 is 0 Å². The third kappa shape index (κ3) is 6.28. The Bertz CT molecular complexity index is 490. The van der Waals surface area contributed by atoms with E-state index in [2.05, 4.69) is 25.9 Å². The molecular weight excluding hydrogens is 287 g/mol. The molecule has 1 heterocycles. The van der Waals surface area contributed by atoms with Crippen LogP contribution >= 0.6 is 0 Å². The van der Waals surface area contributed by atoms with Crippen LogP contribution in [0.25, 0.3) is 0 Å². The molecule has 0 aromatic carbocycles. The first-order chi connectivity index (χ1) is 9.68. The van der Waals surface area contributed by atoms with Crippen LogP contribution in [0.15, 0.2) is 6.07 Å². The summed E-state index contributed by atoms with van der Waals surface area (Å²) in [5.41, 5.74) is -0.784. The molecule has 6 nitrogen and oxygen atoms in total. The fourth-order valence-corrected chi connectivity index (χ4v) is 1.46. The normalized spacial score (nSPS) is 11.4. The molecule has 0 saturated heterocycles. The van der Waals surface area contributed by atoms with Crippen molar-refractivity contribution in [2.24, 2.45) is 0 Å². The first-order valence-electron chi connectivity index (χ1n) is 6.39. The maximum absolute atomic E-state index is 12.6. The van der Waals surface area contributed by atoms with Crippen LogP contribution in [0.2, 0.25) is 0 Å². The zero-order valence-electron chi connectivity index (χ0n) is 12.0. The first kappa shape index (κ1) is 17.0. The molecule has 0 aliphatic rings. The van der Waals surface area contributed by atoms with Gasteiger partial charge in [0.05, 0.1) is 0 Å². The summed E-state index contributed by atoms with van der Waals surface area (Å²) in [5.74, 6) is -0.117. The van der Waals surface area contributed by atoms with E-state index in [1.807, 2.05) is 13.8 Å². The lowest BCUT2D eigenvalue weighted by Gasteiger charge is -2.12. The van der Waals surface area contributed by atoms with Crippen molar-refractivity contribution in [2.75, 3.05) is 18.4 Å². The molecule has 1 rings (SSSR count). The number of nitrogens with one attached hydrogen (secondary N) is 3. The second kappa shape index (κ2) is 7.09. The molecule has 0 bridgehead atoms. The van der Waals surface area contributed by atoms with Crippen molar-refractivity contribution in [3.63, 3.8) is 0 Å². The van der Waals surface area contributed by atoms with E-state index in [-0.39, 0.29) is 36.8 Å². The molecule has 21 heavy (non-hydrogen) atoms. The van der Waals surface area contributed by atoms with Crippen molar-refractivity contribution < 1.29 is 18.0 Å². The zero-order chi connectivity index (χ0) is 16.0. The lowest BCUT2D eigenvalue weighted by Crippen LogP contribution is -2.41. The molecule has 3 N–H and O–H groups in total. The van der Waals surface area contributed by atoms with Crippen LogP contribution in [0.4, 0.5) is 23.9 Å². The molecule has 1 aromatic rings. The van der Waals surface area contributed by atoms with Gasteiger partial charge in [-0.25, -0.2) is 14.8 Å². The minimum Gasteiger partial charge on any atom is -0.352 e. The van der Waals surface area contributed by atoms with Gasteiger partial charge in [-0.3, -0.25) is 0 Å². The van der Waals surface area contributed by atoms with Gasteiger partial charge in [-0.2, -0.15) is 13.2 Å². The lowest BCUT2D eigenvalue weighted by atomic mass is 10.3. The maximum atomic E-state index is 12.6. The minimum absolute atomic E-state index is 0.00686. The quantitative estimate of drug-likeness (QED) is 0.726. The van der Waals surface area contributed by atoms with Gasteiger partial charge in [0, 0.05) is 24.8 Å². The van der Waals surface area contributed by atoms with Crippen molar-refractivity contribution in [2.45, 2.75) is 33.0 Å². The van der Waals surface area contributed by atoms with Crippen molar-refractivity contribution in [3.05, 3.63) is 17.5 Å². The predicted octanol–water partition coefficient (Wildman–Crippen LogP) is 1.92. The van der Waals surface area contributed by atoms with E-state index in [1.54, 1.807) is 0 Å². The highest BCUT2D eigenvalue weighted by molar-refractivity contribution is 5.74. The van der Waals surface area contributed by atoms with Crippen LogP contribution in [0, 0.1) is 6.92 Å². The molecule has 0 radical (unpaired) electrons. The number of carbonyl (C=O) groups excluding carboxylic acids is 1. The van der Waals surface area contributed by atoms with Crippen molar-refractivity contribution in [3.8, 4) is 0 Å². The second-order valence-corrected chi connectivity index (χ2v) is 4.70. The Hall–Kier alpha value is -2.06. The van der Waals surface area contributed by atoms with E-state index in [0.717, 1.165) is 6.07 Å². The number of aromatic nitrogens is 2. The van der Waals surface area contributed by atoms with Gasteiger partial charge in [-0.05, 0) is 26.8 Å². The van der Waals surface area contributed by atoms with Crippen LogP contribution in [0.1, 0.15) is 25.2 Å². The predicted molar refractivity (Wildman–Crippen MR) is 71.9 cm³/mol. The molecule has 0 saturated carbocycles. The smallest absolute Gasteiger partial charge is 0.352 e. The second-order valence-electron chi connectivity index (χ2n) is 4.70. The summed E-state index contributed by atoms with van der Waals surface area (Å²) >= 11 is 0. The number of rotatable bonds is 5. The lowest BCUT2D eigenvalue weighted by molar-refractivity contribution is -0.141. The summed E-state index contributed by atoms with van der Waals surface area (Å²) in [7, 11) is 0. The number of carbonyl (C=O) groups is 1. The molecular formula is C12H18F3N5O. The molecule has 9 heteroatoms. The van der Waals surface area contributed by atoms with Crippen LogP contribution in [-0.2, 0) is 6.18 Å². The summed E-state index contributed by atoms with van der Waals surface area (Å²) in [6.07, 6.45) is -4.51. The largest absolute Gasteiger partial charge is 0.433 e. The highest BCUT2D eigenvalue weighted by atomic mass is 19.4. The first-order valence-corrected chi connectivity index (χ1v) is 6.39. The standard InChI is InChI=1S/C12H18F3N5O/c1-7(2)18-11(21)17-5-4-16-10-19-8(3)6-9(20-10)12(13,14)15/h6-7H,4-5H2,1-3H3,(H,16,19,20)(H2,17,18,21). The number of nitrogens with zero attached hydrogens (tertiary/aromatic N) is 2. The highest BCUT2D eigenvalue weighted by Crippen LogP contribution is 2.28. The Balaban J connectivity index is 2.49. The summed E-state index contributed by atoms with van der Waals surface area (Å²) in [5, 5.41) is 7.82. The molecule has 118 valence electrons. The average Bonchev–Trinajstić information content (AvgIpc) is 2.32. The van der Waals surface area contributed by atoms with Crippen LogP contribution in [0.5, 0.6) is 0 Å². The average molecular weight is 305 g/mol. The van der Waals surface area contributed by atoms with Crippen molar-refractivity contribution >= 4 is 12.0 Å². The van der Waals surface area contributed by atoms with Crippen LogP contribution in [-0.4, -0.2) is 35.1 Å². The fraction of sp³-hybridized carbons (Fsp3) is 0.583. The maximum Gasteiger partial charge on any atom is 0.433 e. The van der Waals surface area contributed by atoms with Gasteiger partial charge in [0.2, 0.25) is 5.95 Å². The number of urea groups is 1. The molecule has 0 atom stereocenters. The molecule has 0 aliphatic heterocycles. The number of hydrogen-bond donors (Lipinski definition) is 3. The van der Waals surface area contributed by atoms with Crippen molar-refractivity contribution in [1.82, 2.24) is 20.6 Å². The van der Waals surface area contributed by atoms with Crippen LogP contribution < -0.4 is 16.0 Å². The molecule has 0 unspecified atom stereocenters. The van der Waals surface area contributed by atoms with Gasteiger partial charge >= 0.3 is 12.2 Å². The van der Waals surface area contributed by atoms with Gasteiger partial charge < -0.3 is 16.0 Å². The van der Waals surface area contributed by atoms with Gasteiger partial charge in [-0.15, -0.1) is 0 Å². The summed E-state index contributed by atoms with van der Waals surface area (Å²) in [6.45, 7) is 5.54. The fourth-order valence-electron chi connectivity index (χ4n) is 1.46. The Labute approximate surface area is 120 Å². The molecule has 2 amide bonds. The molecule has 1 aromatic heterocycles. The number of aryl methyl sites for hydroxylation is 1. The summed E-state index contributed by atoms with van der Waals surface area (Å²) in [4.78, 5) is 18.5. The molecule has 0 fully saturated rings. The van der Waals surface area contributed by atoms with Gasteiger partial charge in [-0.1, -0.05) is 0 Å². The number of anilines is 1.